The second-order valence-corrected chi connectivity index (χ2v) is 17.7. The molecule has 8 heteroatoms. The highest BCUT2D eigenvalue weighted by molar-refractivity contribution is 5.88. The van der Waals surface area contributed by atoms with Crippen LogP contribution in [-0.4, -0.2) is 49.8 Å². The van der Waals surface area contributed by atoms with Gasteiger partial charge in [-0.2, -0.15) is 0 Å². The van der Waals surface area contributed by atoms with Gasteiger partial charge in [0.25, 0.3) is 0 Å². The molecular weight excluding hydrogens is 793 g/mol. The van der Waals surface area contributed by atoms with Crippen LogP contribution in [0.3, 0.4) is 0 Å². The topological polar surface area (TPSA) is 116 Å². The van der Waals surface area contributed by atoms with Crippen LogP contribution in [0.4, 0.5) is 0 Å². The van der Waals surface area contributed by atoms with Crippen LogP contribution in [-0.2, 0) is 19.2 Å². The van der Waals surface area contributed by atoms with Crippen molar-refractivity contribution in [3.8, 4) is 0 Å². The Morgan fingerprint density at radius 3 is 0.656 bits per heavy atom. The molecule has 0 radical (unpaired) electrons. The van der Waals surface area contributed by atoms with Crippen molar-refractivity contribution in [2.45, 2.75) is 186 Å². The monoisotopic (exact) mass is 893 g/mol. The number of hydrogen-bond donors (Lipinski definition) is 4. The summed E-state index contributed by atoms with van der Waals surface area (Å²) in [4.78, 5) is 45.0. The number of carbonyl (C=O) groups excluding carboxylic acids is 4. The van der Waals surface area contributed by atoms with E-state index in [1.165, 1.54) is 77.0 Å². The molecule has 64 heavy (non-hydrogen) atoms. The Balaban J connectivity index is -0.000000375. The summed E-state index contributed by atoms with van der Waals surface area (Å²) in [5.41, 5.74) is 0. The molecule has 0 aliphatic carbocycles. The molecule has 0 aliphatic heterocycles. The molecule has 0 aromatic carbocycles. The Bertz CT molecular complexity index is 1120. The average Bonchev–Trinajstić information content (AvgIpc) is 3.25. The number of unbranched alkanes of at least 4 members (excludes halogenated alkanes) is 12. The molecule has 0 rings (SSSR count). The lowest BCUT2D eigenvalue weighted by Crippen LogP contribution is -2.25. The van der Waals surface area contributed by atoms with Crippen molar-refractivity contribution in [2.75, 3.05) is 26.2 Å². The molecule has 0 aromatic rings. The molecule has 0 heterocycles. The van der Waals surface area contributed by atoms with E-state index in [1.54, 1.807) is 24.3 Å². The van der Waals surface area contributed by atoms with Crippen molar-refractivity contribution in [3.63, 3.8) is 0 Å². The molecule has 0 spiro atoms. The smallest absolute Gasteiger partial charge is 0.243 e. The molecule has 0 aromatic heterocycles. The van der Waals surface area contributed by atoms with Gasteiger partial charge < -0.3 is 21.3 Å². The van der Waals surface area contributed by atoms with Crippen LogP contribution in [0.2, 0.25) is 0 Å². The fraction of sp³-hybridized carbons (Fsp3) is 0.643. The summed E-state index contributed by atoms with van der Waals surface area (Å²) in [5.74, 6) is 1.98. The van der Waals surface area contributed by atoms with Crippen molar-refractivity contribution >= 4 is 23.6 Å². The fourth-order valence-electron chi connectivity index (χ4n) is 4.77. The largest absolute Gasteiger partial charge is 0.352 e. The number of allylic oxidation sites excluding steroid dienone is 12. The Kier molecular flexibility index (Phi) is 57.0. The lowest BCUT2D eigenvalue weighted by atomic mass is 10.2. The molecule has 8 nitrogen and oxygen atoms in total. The maximum atomic E-state index is 11.3. The van der Waals surface area contributed by atoms with Crippen molar-refractivity contribution in [1.82, 2.24) is 21.3 Å². The zero-order chi connectivity index (χ0) is 48.9. The van der Waals surface area contributed by atoms with Gasteiger partial charge in [0.15, 0.2) is 0 Å². The Hall–Kier alpha value is -4.20. The summed E-state index contributed by atoms with van der Waals surface area (Å²) >= 11 is 0. The van der Waals surface area contributed by atoms with Gasteiger partial charge in [-0.05, 0) is 75.0 Å². The van der Waals surface area contributed by atoms with Crippen molar-refractivity contribution in [2.24, 2.45) is 23.7 Å². The first-order valence-electron chi connectivity index (χ1n) is 25.1. The minimum absolute atomic E-state index is 0.00749. The summed E-state index contributed by atoms with van der Waals surface area (Å²) in [6, 6.07) is 0. The van der Waals surface area contributed by atoms with Crippen molar-refractivity contribution < 1.29 is 19.2 Å². The lowest BCUT2D eigenvalue weighted by molar-refractivity contribution is -0.117. The van der Waals surface area contributed by atoms with Gasteiger partial charge in [0.05, 0.1) is 0 Å². The standard InChI is InChI=1S/4C14H25NO/c4*1-4-5-6-7-8-9-10-11-14(16)15-12-13(2)3/h4*8-11,13H,4-7,12H2,1-3H3,(H,15,16)/b9-8+,11-10+;9-8+,11-10-;9-8-,11-10+;9-8-,11-10-. The molecule has 0 saturated heterocycles. The molecule has 0 aliphatic rings. The van der Waals surface area contributed by atoms with Gasteiger partial charge in [-0.3, -0.25) is 19.2 Å². The van der Waals surface area contributed by atoms with Gasteiger partial charge in [0.2, 0.25) is 23.6 Å². The van der Waals surface area contributed by atoms with E-state index in [0.717, 1.165) is 51.9 Å². The maximum Gasteiger partial charge on any atom is 0.243 e. The van der Waals surface area contributed by atoms with E-state index in [2.05, 4.69) is 129 Å². The van der Waals surface area contributed by atoms with Gasteiger partial charge in [0.1, 0.15) is 0 Å². The molecule has 4 amide bonds. The van der Waals surface area contributed by atoms with Crippen LogP contribution in [0.5, 0.6) is 0 Å². The quantitative estimate of drug-likeness (QED) is 0.0306. The highest BCUT2D eigenvalue weighted by atomic mass is 16.2. The summed E-state index contributed by atoms with van der Waals surface area (Å²) in [7, 11) is 0. The van der Waals surface area contributed by atoms with Crippen LogP contribution >= 0.6 is 0 Å². The summed E-state index contributed by atoms with van der Waals surface area (Å²) in [5, 5.41) is 11.3. The first-order chi connectivity index (χ1) is 30.7. The van der Waals surface area contributed by atoms with E-state index >= 15 is 0 Å². The Morgan fingerprint density at radius 2 is 0.500 bits per heavy atom. The normalized spacial score (nSPS) is 11.8. The van der Waals surface area contributed by atoms with Gasteiger partial charge in [0, 0.05) is 50.5 Å². The highest BCUT2D eigenvalue weighted by Crippen LogP contribution is 2.02. The molecular formula is C56H100N4O4. The number of carbonyl (C=O) groups is 4. The first kappa shape index (κ1) is 66.4. The SMILES string of the molecule is CCCCC/C=C/C=C/C(=O)NCC(C)C.CCCCC/C=C/C=C\C(=O)NCC(C)C.CCCCC/C=C\C=C/C(=O)NCC(C)C.CCCCC/C=C\C=C\C(=O)NCC(C)C. The first-order valence-corrected chi connectivity index (χ1v) is 25.1. The van der Waals surface area contributed by atoms with E-state index in [0.29, 0.717) is 23.7 Å². The molecule has 368 valence electrons. The van der Waals surface area contributed by atoms with Crippen LogP contribution in [0.15, 0.2) is 97.2 Å². The second-order valence-electron chi connectivity index (χ2n) is 17.7. The zero-order valence-electron chi connectivity index (χ0n) is 43.3. The minimum Gasteiger partial charge on any atom is -0.352 e. The van der Waals surface area contributed by atoms with Gasteiger partial charge in [-0.15, -0.1) is 0 Å². The lowest BCUT2D eigenvalue weighted by Gasteiger charge is -2.03. The molecule has 0 saturated carbocycles. The second kappa shape index (κ2) is 54.9. The Morgan fingerprint density at radius 1 is 0.312 bits per heavy atom. The van der Waals surface area contributed by atoms with Gasteiger partial charge in [-0.25, -0.2) is 0 Å². The van der Waals surface area contributed by atoms with Crippen molar-refractivity contribution in [3.05, 3.63) is 97.2 Å². The third-order valence-electron chi connectivity index (χ3n) is 8.61. The minimum atomic E-state index is -0.00749. The molecule has 0 fully saturated rings. The van der Waals surface area contributed by atoms with E-state index in [9.17, 15) is 19.2 Å². The third kappa shape index (κ3) is 69.5. The number of amides is 4. The highest BCUT2D eigenvalue weighted by Gasteiger charge is 1.98. The zero-order valence-corrected chi connectivity index (χ0v) is 43.3. The Labute approximate surface area is 395 Å². The van der Waals surface area contributed by atoms with Crippen LogP contribution in [0.25, 0.3) is 0 Å². The van der Waals surface area contributed by atoms with Crippen LogP contribution < -0.4 is 21.3 Å². The average molecular weight is 893 g/mol. The summed E-state index contributed by atoms with van der Waals surface area (Å²) in [6.45, 7) is 28.4. The molecule has 0 bridgehead atoms. The van der Waals surface area contributed by atoms with Crippen LogP contribution in [0.1, 0.15) is 186 Å². The summed E-state index contributed by atoms with van der Waals surface area (Å²) < 4.78 is 0. The summed E-state index contributed by atoms with van der Waals surface area (Å²) in [6.07, 6.45) is 49.3. The molecule has 0 atom stereocenters. The maximum absolute atomic E-state index is 11.3. The molecule has 4 N–H and O–H groups in total. The van der Waals surface area contributed by atoms with Gasteiger partial charge in [-0.1, -0.05) is 207 Å². The fourth-order valence-corrected chi connectivity index (χ4v) is 4.77. The van der Waals surface area contributed by atoms with E-state index in [-0.39, 0.29) is 23.6 Å². The molecule has 0 unspecified atom stereocenters. The number of rotatable bonds is 32. The van der Waals surface area contributed by atoms with E-state index in [1.807, 2.05) is 48.6 Å². The van der Waals surface area contributed by atoms with Gasteiger partial charge >= 0.3 is 0 Å². The predicted molar refractivity (Wildman–Crippen MR) is 281 cm³/mol. The predicted octanol–water partition coefficient (Wildman–Crippen LogP) is 13.8. The number of hydrogen-bond acceptors (Lipinski definition) is 4. The van der Waals surface area contributed by atoms with Crippen LogP contribution in [0, 0.1) is 23.7 Å². The third-order valence-corrected chi connectivity index (χ3v) is 8.61. The number of nitrogens with one attached hydrogen (secondary N) is 4. The van der Waals surface area contributed by atoms with E-state index < -0.39 is 0 Å². The van der Waals surface area contributed by atoms with Crippen molar-refractivity contribution in [1.29, 1.82) is 0 Å². The van der Waals surface area contributed by atoms with E-state index in [4.69, 9.17) is 0 Å².